The first-order valence-corrected chi connectivity index (χ1v) is 5.50. The number of carboxylic acids is 1. The maximum absolute atomic E-state index is 10.9. The number of benzene rings is 1. The SMILES string of the molecule is O=C(O)c1ccc2nc(-c3ccc(Cl)o3)[nH]c2c1. The molecule has 0 fully saturated rings. The van der Waals surface area contributed by atoms with Crippen molar-refractivity contribution in [2.24, 2.45) is 0 Å². The molecule has 1 aromatic carbocycles. The van der Waals surface area contributed by atoms with Crippen molar-refractivity contribution in [2.45, 2.75) is 0 Å². The van der Waals surface area contributed by atoms with Crippen LogP contribution < -0.4 is 0 Å². The van der Waals surface area contributed by atoms with E-state index in [-0.39, 0.29) is 10.8 Å². The number of nitrogens with one attached hydrogen (secondary N) is 1. The van der Waals surface area contributed by atoms with Gasteiger partial charge in [-0.05, 0) is 41.9 Å². The van der Waals surface area contributed by atoms with E-state index < -0.39 is 5.97 Å². The van der Waals surface area contributed by atoms with Gasteiger partial charge in [-0.1, -0.05) is 0 Å². The largest absolute Gasteiger partial charge is 0.478 e. The molecule has 0 radical (unpaired) electrons. The number of furan rings is 1. The van der Waals surface area contributed by atoms with Gasteiger partial charge in [0.15, 0.2) is 16.8 Å². The van der Waals surface area contributed by atoms with Gasteiger partial charge in [0.05, 0.1) is 16.6 Å². The van der Waals surface area contributed by atoms with Gasteiger partial charge < -0.3 is 14.5 Å². The molecule has 3 rings (SSSR count). The van der Waals surface area contributed by atoms with Crippen molar-refractivity contribution in [3.63, 3.8) is 0 Å². The molecule has 0 aliphatic carbocycles. The number of hydrogen-bond acceptors (Lipinski definition) is 3. The van der Waals surface area contributed by atoms with Crippen LogP contribution in [-0.4, -0.2) is 21.0 Å². The zero-order chi connectivity index (χ0) is 12.7. The first-order chi connectivity index (χ1) is 8.63. The molecule has 0 spiro atoms. The number of aromatic nitrogens is 2. The van der Waals surface area contributed by atoms with Crippen molar-refractivity contribution in [1.82, 2.24) is 9.97 Å². The first-order valence-electron chi connectivity index (χ1n) is 5.12. The molecule has 0 saturated carbocycles. The molecule has 3 aromatic rings. The Labute approximate surface area is 106 Å². The van der Waals surface area contributed by atoms with E-state index in [2.05, 4.69) is 9.97 Å². The summed E-state index contributed by atoms with van der Waals surface area (Å²) in [5.74, 6) is 0.0432. The van der Waals surface area contributed by atoms with Gasteiger partial charge in [-0.15, -0.1) is 0 Å². The molecule has 2 N–H and O–H groups in total. The van der Waals surface area contributed by atoms with Crippen LogP contribution in [0.2, 0.25) is 5.22 Å². The normalized spacial score (nSPS) is 10.9. The van der Waals surface area contributed by atoms with Crippen LogP contribution in [0.4, 0.5) is 0 Å². The molecule has 0 amide bonds. The molecule has 90 valence electrons. The molecule has 0 saturated heterocycles. The number of imidazole rings is 1. The van der Waals surface area contributed by atoms with Crippen LogP contribution in [0.5, 0.6) is 0 Å². The highest BCUT2D eigenvalue weighted by atomic mass is 35.5. The second kappa shape index (κ2) is 3.89. The van der Waals surface area contributed by atoms with Gasteiger partial charge in [-0.2, -0.15) is 0 Å². The molecule has 18 heavy (non-hydrogen) atoms. The molecular formula is C12H7ClN2O3. The minimum Gasteiger partial charge on any atom is -0.478 e. The van der Waals surface area contributed by atoms with Crippen LogP contribution in [0, 0.1) is 0 Å². The average molecular weight is 263 g/mol. The number of aromatic carboxylic acids is 1. The van der Waals surface area contributed by atoms with Gasteiger partial charge in [0.1, 0.15) is 0 Å². The number of rotatable bonds is 2. The van der Waals surface area contributed by atoms with E-state index in [4.69, 9.17) is 21.1 Å². The average Bonchev–Trinajstić information content (AvgIpc) is 2.93. The van der Waals surface area contributed by atoms with E-state index in [1.807, 2.05) is 0 Å². The fourth-order valence-electron chi connectivity index (χ4n) is 1.70. The molecular weight excluding hydrogens is 256 g/mol. The van der Waals surface area contributed by atoms with E-state index in [0.717, 1.165) is 0 Å². The lowest BCUT2D eigenvalue weighted by Crippen LogP contribution is -1.94. The summed E-state index contributed by atoms with van der Waals surface area (Å²) in [5, 5.41) is 9.18. The van der Waals surface area contributed by atoms with E-state index >= 15 is 0 Å². The van der Waals surface area contributed by atoms with Crippen LogP contribution in [0.3, 0.4) is 0 Å². The number of H-pyrrole nitrogens is 1. The van der Waals surface area contributed by atoms with Gasteiger partial charge in [0, 0.05) is 0 Å². The van der Waals surface area contributed by atoms with Crippen LogP contribution in [0.15, 0.2) is 34.7 Å². The third-order valence-corrected chi connectivity index (χ3v) is 2.74. The molecule has 0 atom stereocenters. The standard InChI is InChI=1S/C12H7ClN2O3/c13-10-4-3-9(18-10)11-14-7-2-1-6(12(16)17)5-8(7)15-11/h1-5H,(H,14,15)(H,16,17). The smallest absolute Gasteiger partial charge is 0.335 e. The number of aromatic amines is 1. The number of nitrogens with zero attached hydrogens (tertiary/aromatic N) is 1. The maximum Gasteiger partial charge on any atom is 0.335 e. The van der Waals surface area contributed by atoms with Crippen LogP contribution in [-0.2, 0) is 0 Å². The minimum atomic E-state index is -0.978. The Hall–Kier alpha value is -2.27. The van der Waals surface area contributed by atoms with Crippen molar-refractivity contribution < 1.29 is 14.3 Å². The van der Waals surface area contributed by atoms with Gasteiger partial charge >= 0.3 is 5.97 Å². The van der Waals surface area contributed by atoms with Crippen molar-refractivity contribution >= 4 is 28.6 Å². The number of hydrogen-bond donors (Lipinski definition) is 2. The fraction of sp³-hybridized carbons (Fsp3) is 0. The highest BCUT2D eigenvalue weighted by molar-refractivity contribution is 6.28. The lowest BCUT2D eigenvalue weighted by molar-refractivity contribution is 0.0697. The zero-order valence-electron chi connectivity index (χ0n) is 8.98. The molecule has 0 aliphatic rings. The number of fused-ring (bicyclic) bond motifs is 1. The fourth-order valence-corrected chi connectivity index (χ4v) is 1.85. The van der Waals surface area contributed by atoms with Crippen LogP contribution in [0.25, 0.3) is 22.6 Å². The van der Waals surface area contributed by atoms with E-state index in [1.54, 1.807) is 18.2 Å². The third-order valence-electron chi connectivity index (χ3n) is 2.54. The van der Waals surface area contributed by atoms with Crippen molar-refractivity contribution in [3.8, 4) is 11.6 Å². The molecule has 0 aliphatic heterocycles. The van der Waals surface area contributed by atoms with Gasteiger partial charge in [-0.3, -0.25) is 0 Å². The van der Waals surface area contributed by atoms with Gasteiger partial charge in [0.2, 0.25) is 0 Å². The molecule has 6 heteroatoms. The van der Waals surface area contributed by atoms with Crippen molar-refractivity contribution in [2.75, 3.05) is 0 Å². The summed E-state index contributed by atoms with van der Waals surface area (Å²) in [6.07, 6.45) is 0. The second-order valence-corrected chi connectivity index (χ2v) is 4.10. The van der Waals surface area contributed by atoms with E-state index in [9.17, 15) is 4.79 Å². The summed E-state index contributed by atoms with van der Waals surface area (Å²) in [4.78, 5) is 18.1. The summed E-state index contributed by atoms with van der Waals surface area (Å²) in [5.41, 5.74) is 1.51. The van der Waals surface area contributed by atoms with Crippen molar-refractivity contribution in [3.05, 3.63) is 41.1 Å². The molecule has 2 heterocycles. The molecule has 0 unspecified atom stereocenters. The lowest BCUT2D eigenvalue weighted by atomic mass is 10.2. The predicted molar refractivity (Wildman–Crippen MR) is 65.8 cm³/mol. The van der Waals surface area contributed by atoms with Crippen molar-refractivity contribution in [1.29, 1.82) is 0 Å². The first kappa shape index (κ1) is 10.9. The number of carbonyl (C=O) groups is 1. The Kier molecular flexibility index (Phi) is 2.34. The minimum absolute atomic E-state index is 0.204. The van der Waals surface area contributed by atoms with Crippen LogP contribution >= 0.6 is 11.6 Å². The van der Waals surface area contributed by atoms with E-state index in [0.29, 0.717) is 22.6 Å². The van der Waals surface area contributed by atoms with Gasteiger partial charge in [0.25, 0.3) is 0 Å². The number of carboxylic acid groups (broad SMARTS) is 1. The summed E-state index contributed by atoms with van der Waals surface area (Å²) < 4.78 is 5.23. The maximum atomic E-state index is 10.9. The highest BCUT2D eigenvalue weighted by Crippen LogP contribution is 2.25. The summed E-state index contributed by atoms with van der Waals surface area (Å²) in [6, 6.07) is 7.98. The second-order valence-electron chi connectivity index (χ2n) is 3.73. The van der Waals surface area contributed by atoms with E-state index in [1.165, 1.54) is 12.1 Å². The highest BCUT2D eigenvalue weighted by Gasteiger charge is 2.11. The Bertz CT molecular complexity index is 745. The zero-order valence-corrected chi connectivity index (χ0v) is 9.73. The summed E-state index contributed by atoms with van der Waals surface area (Å²) >= 11 is 5.69. The third kappa shape index (κ3) is 1.74. The predicted octanol–water partition coefficient (Wildman–Crippen LogP) is 3.17. The lowest BCUT2D eigenvalue weighted by Gasteiger charge is -1.92. The summed E-state index contributed by atoms with van der Waals surface area (Å²) in [7, 11) is 0. The Morgan fingerprint density at radius 1 is 1.33 bits per heavy atom. The summed E-state index contributed by atoms with van der Waals surface area (Å²) in [6.45, 7) is 0. The Morgan fingerprint density at radius 3 is 2.83 bits per heavy atom. The molecule has 0 bridgehead atoms. The molecule has 5 nitrogen and oxygen atoms in total. The van der Waals surface area contributed by atoms with Gasteiger partial charge in [-0.25, -0.2) is 9.78 Å². The number of halogens is 1. The quantitative estimate of drug-likeness (QED) is 0.743. The monoisotopic (exact) mass is 262 g/mol. The topological polar surface area (TPSA) is 79.1 Å². The Balaban J connectivity index is 2.13. The molecule has 2 aromatic heterocycles. The Morgan fingerprint density at radius 2 is 2.17 bits per heavy atom. The van der Waals surface area contributed by atoms with Crippen LogP contribution in [0.1, 0.15) is 10.4 Å².